The fourth-order valence-corrected chi connectivity index (χ4v) is 2.21. The van der Waals surface area contributed by atoms with Crippen LogP contribution in [0.5, 0.6) is 0 Å². The van der Waals surface area contributed by atoms with Crippen LogP contribution in [0.4, 0.5) is 5.69 Å². The molecule has 0 saturated heterocycles. The van der Waals surface area contributed by atoms with Crippen molar-refractivity contribution in [2.45, 2.75) is 6.42 Å². The second kappa shape index (κ2) is 5.99. The SMILES string of the molecule is O=C(Cc1nc(=O)c2ccccc2o1)Nc1ccccc1Cl. The summed E-state index contributed by atoms with van der Waals surface area (Å²) in [4.78, 5) is 27.7. The second-order valence-corrected chi connectivity index (χ2v) is 5.02. The number of benzene rings is 2. The number of nitrogens with one attached hydrogen (secondary N) is 1. The van der Waals surface area contributed by atoms with Crippen LogP contribution in [-0.4, -0.2) is 10.9 Å². The highest BCUT2D eigenvalue weighted by Crippen LogP contribution is 2.20. The van der Waals surface area contributed by atoms with Crippen molar-refractivity contribution in [3.8, 4) is 0 Å². The molecule has 5 nitrogen and oxygen atoms in total. The molecule has 0 aliphatic heterocycles. The molecule has 110 valence electrons. The van der Waals surface area contributed by atoms with Gasteiger partial charge in [-0.15, -0.1) is 0 Å². The van der Waals surface area contributed by atoms with Gasteiger partial charge in [0.25, 0.3) is 5.56 Å². The van der Waals surface area contributed by atoms with Crippen molar-refractivity contribution in [1.82, 2.24) is 4.98 Å². The molecule has 3 aromatic rings. The van der Waals surface area contributed by atoms with E-state index in [4.69, 9.17) is 16.0 Å². The number of carbonyl (C=O) groups excluding carboxylic acids is 1. The molecule has 1 amide bonds. The summed E-state index contributed by atoms with van der Waals surface area (Å²) < 4.78 is 5.48. The average molecular weight is 315 g/mol. The molecule has 0 atom stereocenters. The Hall–Kier alpha value is -2.66. The summed E-state index contributed by atoms with van der Waals surface area (Å²) in [5.41, 5.74) is 0.489. The maximum atomic E-state index is 12.0. The lowest BCUT2D eigenvalue weighted by Crippen LogP contribution is -2.18. The molecule has 0 saturated carbocycles. The van der Waals surface area contributed by atoms with E-state index in [1.54, 1.807) is 48.5 Å². The fraction of sp³-hybridized carbons (Fsp3) is 0.0625. The van der Waals surface area contributed by atoms with Gasteiger partial charge >= 0.3 is 0 Å². The van der Waals surface area contributed by atoms with Crippen molar-refractivity contribution in [2.75, 3.05) is 5.32 Å². The standard InChI is InChI=1S/C16H11ClN2O3/c17-11-6-2-3-7-12(11)18-14(20)9-15-19-16(21)10-5-1-4-8-13(10)22-15/h1-8H,9H2,(H,18,20). The highest BCUT2D eigenvalue weighted by Gasteiger charge is 2.11. The smallest absolute Gasteiger partial charge is 0.283 e. The highest BCUT2D eigenvalue weighted by molar-refractivity contribution is 6.33. The summed E-state index contributed by atoms with van der Waals surface area (Å²) in [6.45, 7) is 0. The van der Waals surface area contributed by atoms with Crippen molar-refractivity contribution in [3.63, 3.8) is 0 Å². The molecule has 6 heteroatoms. The lowest BCUT2D eigenvalue weighted by atomic mass is 10.2. The van der Waals surface area contributed by atoms with Crippen LogP contribution in [0.15, 0.2) is 57.7 Å². The molecular formula is C16H11ClN2O3. The number of anilines is 1. The molecule has 0 aliphatic rings. The van der Waals surface area contributed by atoms with Gasteiger partial charge in [0.05, 0.1) is 16.1 Å². The highest BCUT2D eigenvalue weighted by atomic mass is 35.5. The van der Waals surface area contributed by atoms with Gasteiger partial charge in [-0.3, -0.25) is 9.59 Å². The lowest BCUT2D eigenvalue weighted by Gasteiger charge is -2.06. The maximum Gasteiger partial charge on any atom is 0.283 e. The Balaban J connectivity index is 1.83. The predicted molar refractivity (Wildman–Crippen MR) is 84.1 cm³/mol. The Morgan fingerprint density at radius 1 is 1.14 bits per heavy atom. The molecule has 0 aliphatic carbocycles. The van der Waals surface area contributed by atoms with Crippen molar-refractivity contribution < 1.29 is 9.21 Å². The minimum Gasteiger partial charge on any atom is -0.441 e. The molecular weight excluding hydrogens is 304 g/mol. The number of hydrogen-bond donors (Lipinski definition) is 1. The minimum absolute atomic E-state index is 0.0632. The van der Waals surface area contributed by atoms with E-state index in [9.17, 15) is 9.59 Å². The van der Waals surface area contributed by atoms with Crippen LogP contribution in [0.25, 0.3) is 11.0 Å². The molecule has 0 fully saturated rings. The summed E-state index contributed by atoms with van der Waals surface area (Å²) >= 11 is 5.97. The van der Waals surface area contributed by atoms with Gasteiger partial charge in [0.2, 0.25) is 11.8 Å². The van der Waals surface area contributed by atoms with Crippen LogP contribution in [-0.2, 0) is 11.2 Å². The average Bonchev–Trinajstić information content (AvgIpc) is 2.49. The van der Waals surface area contributed by atoms with Crippen molar-refractivity contribution in [3.05, 3.63) is 69.8 Å². The molecule has 1 aromatic heterocycles. The molecule has 0 unspecified atom stereocenters. The van der Waals surface area contributed by atoms with E-state index >= 15 is 0 Å². The molecule has 2 aromatic carbocycles. The van der Waals surface area contributed by atoms with Crippen LogP contribution < -0.4 is 10.9 Å². The number of para-hydroxylation sites is 2. The molecule has 0 radical (unpaired) electrons. The van der Waals surface area contributed by atoms with Gasteiger partial charge in [-0.25, -0.2) is 0 Å². The van der Waals surface area contributed by atoms with Gasteiger partial charge in [0.1, 0.15) is 12.0 Å². The first-order valence-electron chi connectivity index (χ1n) is 6.56. The number of rotatable bonds is 3. The van der Waals surface area contributed by atoms with E-state index in [2.05, 4.69) is 10.3 Å². The van der Waals surface area contributed by atoms with Gasteiger partial charge in [-0.2, -0.15) is 4.98 Å². The molecule has 1 heterocycles. The number of carbonyl (C=O) groups is 1. The number of aromatic nitrogens is 1. The summed E-state index contributed by atoms with van der Waals surface area (Å²) in [6, 6.07) is 13.6. The van der Waals surface area contributed by atoms with E-state index in [0.717, 1.165) is 0 Å². The zero-order valence-corrected chi connectivity index (χ0v) is 12.1. The lowest BCUT2D eigenvalue weighted by molar-refractivity contribution is -0.115. The normalized spacial score (nSPS) is 10.6. The van der Waals surface area contributed by atoms with Crippen LogP contribution in [0.2, 0.25) is 5.02 Å². The van der Waals surface area contributed by atoms with Crippen LogP contribution >= 0.6 is 11.6 Å². The number of hydrogen-bond acceptors (Lipinski definition) is 4. The monoisotopic (exact) mass is 314 g/mol. The zero-order chi connectivity index (χ0) is 15.5. The van der Waals surface area contributed by atoms with Crippen LogP contribution in [0.1, 0.15) is 5.89 Å². The number of amides is 1. The third-order valence-corrected chi connectivity index (χ3v) is 3.36. The quantitative estimate of drug-likeness (QED) is 0.806. The molecule has 0 bridgehead atoms. The van der Waals surface area contributed by atoms with Crippen molar-refractivity contribution in [2.24, 2.45) is 0 Å². The number of halogens is 1. The van der Waals surface area contributed by atoms with Crippen molar-refractivity contribution in [1.29, 1.82) is 0 Å². The number of fused-ring (bicyclic) bond motifs is 1. The van der Waals surface area contributed by atoms with Crippen LogP contribution in [0, 0.1) is 0 Å². The molecule has 3 rings (SSSR count). The molecule has 1 N–H and O–H groups in total. The van der Waals surface area contributed by atoms with Gasteiger partial charge < -0.3 is 9.73 Å². The predicted octanol–water partition coefficient (Wildman–Crippen LogP) is 3.02. The van der Waals surface area contributed by atoms with Gasteiger partial charge in [0, 0.05) is 0 Å². The van der Waals surface area contributed by atoms with E-state index in [1.807, 2.05) is 0 Å². The Bertz CT molecular complexity index is 905. The van der Waals surface area contributed by atoms with Gasteiger partial charge in [-0.05, 0) is 24.3 Å². The van der Waals surface area contributed by atoms with Gasteiger partial charge in [0.15, 0.2) is 0 Å². The summed E-state index contributed by atoms with van der Waals surface area (Å²) in [7, 11) is 0. The Morgan fingerprint density at radius 3 is 2.68 bits per heavy atom. The van der Waals surface area contributed by atoms with E-state index in [-0.39, 0.29) is 18.2 Å². The van der Waals surface area contributed by atoms with E-state index in [0.29, 0.717) is 21.7 Å². The Kier molecular flexibility index (Phi) is 3.89. The first-order valence-corrected chi connectivity index (χ1v) is 6.94. The minimum atomic E-state index is -0.414. The Labute approximate surface area is 130 Å². The topological polar surface area (TPSA) is 72.2 Å². The third kappa shape index (κ3) is 2.99. The Morgan fingerprint density at radius 2 is 1.86 bits per heavy atom. The van der Waals surface area contributed by atoms with Crippen LogP contribution in [0.3, 0.4) is 0 Å². The summed E-state index contributed by atoms with van der Waals surface area (Å²) in [6.07, 6.45) is -0.148. The molecule has 0 spiro atoms. The van der Waals surface area contributed by atoms with E-state index in [1.165, 1.54) is 0 Å². The second-order valence-electron chi connectivity index (χ2n) is 4.61. The fourth-order valence-electron chi connectivity index (χ4n) is 2.03. The maximum absolute atomic E-state index is 12.0. The first kappa shape index (κ1) is 14.3. The zero-order valence-electron chi connectivity index (χ0n) is 11.4. The largest absolute Gasteiger partial charge is 0.441 e. The summed E-state index contributed by atoms with van der Waals surface area (Å²) in [5, 5.41) is 3.47. The van der Waals surface area contributed by atoms with Gasteiger partial charge in [-0.1, -0.05) is 35.9 Å². The first-order chi connectivity index (χ1) is 10.6. The summed E-state index contributed by atoms with van der Waals surface area (Å²) in [5.74, 6) is -0.299. The van der Waals surface area contributed by atoms with Crippen molar-refractivity contribution >= 4 is 34.2 Å². The number of nitrogens with zero attached hydrogens (tertiary/aromatic N) is 1. The third-order valence-electron chi connectivity index (χ3n) is 3.03. The van der Waals surface area contributed by atoms with E-state index < -0.39 is 5.56 Å². The molecule has 22 heavy (non-hydrogen) atoms.